The van der Waals surface area contributed by atoms with Gasteiger partial charge in [0.2, 0.25) is 5.91 Å². The maximum atomic E-state index is 12.0. The summed E-state index contributed by atoms with van der Waals surface area (Å²) in [5.74, 6) is 0.721. The first-order chi connectivity index (χ1) is 9.20. The van der Waals surface area contributed by atoms with Crippen LogP contribution in [0.3, 0.4) is 0 Å². The highest BCUT2D eigenvalue weighted by Crippen LogP contribution is 2.22. The first kappa shape index (κ1) is 13.7. The zero-order valence-electron chi connectivity index (χ0n) is 11.1. The fourth-order valence-corrected chi connectivity index (χ4v) is 2.25. The third kappa shape index (κ3) is 3.61. The molecule has 1 unspecified atom stereocenters. The van der Waals surface area contributed by atoms with Crippen molar-refractivity contribution in [1.82, 2.24) is 4.90 Å². The van der Waals surface area contributed by atoms with Crippen LogP contribution in [-0.4, -0.2) is 48.8 Å². The van der Waals surface area contributed by atoms with E-state index in [0.717, 1.165) is 25.1 Å². The Balaban J connectivity index is 1.89. The number of carbonyl (C=O) groups excluding carboxylic acids is 1. The van der Waals surface area contributed by atoms with E-state index in [4.69, 9.17) is 4.74 Å². The molecule has 1 atom stereocenters. The van der Waals surface area contributed by atoms with Crippen LogP contribution < -0.4 is 10.1 Å². The van der Waals surface area contributed by atoms with Gasteiger partial charge in [-0.2, -0.15) is 0 Å². The lowest BCUT2D eigenvalue weighted by atomic mass is 10.1. The summed E-state index contributed by atoms with van der Waals surface area (Å²) in [7, 11) is 1.60. The van der Waals surface area contributed by atoms with Crippen molar-refractivity contribution >= 4 is 11.6 Å². The van der Waals surface area contributed by atoms with E-state index in [0.29, 0.717) is 12.3 Å². The molecule has 19 heavy (non-hydrogen) atoms. The topological polar surface area (TPSA) is 61.8 Å². The monoisotopic (exact) mass is 264 g/mol. The standard InChI is InChI=1S/C14H20N2O3/c1-19-13-7-3-2-6-12(13)15-9-14(18)16-8-4-5-11(17)10-16/h2-3,6-7,11,15,17H,4-5,8-10H2,1H3. The molecule has 0 saturated carbocycles. The Bertz CT molecular complexity index is 436. The van der Waals surface area contributed by atoms with Gasteiger partial charge >= 0.3 is 0 Å². The number of aliphatic hydroxyl groups excluding tert-OH is 1. The molecule has 1 aromatic rings. The van der Waals surface area contributed by atoms with Gasteiger partial charge in [-0.05, 0) is 25.0 Å². The molecule has 1 amide bonds. The lowest BCUT2D eigenvalue weighted by Crippen LogP contribution is -2.44. The number of benzene rings is 1. The molecule has 1 aliphatic rings. The van der Waals surface area contributed by atoms with Crippen LogP contribution in [0.5, 0.6) is 5.75 Å². The Kier molecular flexibility index (Phi) is 4.63. The highest BCUT2D eigenvalue weighted by atomic mass is 16.5. The van der Waals surface area contributed by atoms with Gasteiger partial charge < -0.3 is 20.1 Å². The summed E-state index contributed by atoms with van der Waals surface area (Å²) >= 11 is 0. The Labute approximate surface area is 113 Å². The number of carbonyl (C=O) groups is 1. The van der Waals surface area contributed by atoms with Crippen molar-refractivity contribution in [2.45, 2.75) is 18.9 Å². The van der Waals surface area contributed by atoms with Gasteiger partial charge in [0, 0.05) is 13.1 Å². The second-order valence-corrected chi connectivity index (χ2v) is 4.69. The maximum Gasteiger partial charge on any atom is 0.241 e. The van der Waals surface area contributed by atoms with Crippen molar-refractivity contribution in [3.63, 3.8) is 0 Å². The number of nitrogens with one attached hydrogen (secondary N) is 1. The van der Waals surface area contributed by atoms with E-state index in [1.165, 1.54) is 0 Å². The smallest absolute Gasteiger partial charge is 0.241 e. The summed E-state index contributed by atoms with van der Waals surface area (Å²) in [6, 6.07) is 7.49. The molecule has 2 N–H and O–H groups in total. The molecular formula is C14H20N2O3. The molecule has 0 spiro atoms. The van der Waals surface area contributed by atoms with Crippen molar-refractivity contribution in [1.29, 1.82) is 0 Å². The molecule has 1 aliphatic heterocycles. The summed E-state index contributed by atoms with van der Waals surface area (Å²) in [6.45, 7) is 1.38. The number of nitrogens with zero attached hydrogens (tertiary/aromatic N) is 1. The first-order valence-electron chi connectivity index (χ1n) is 6.53. The van der Waals surface area contributed by atoms with Crippen LogP contribution in [0.15, 0.2) is 24.3 Å². The molecule has 5 heteroatoms. The molecule has 0 radical (unpaired) electrons. The fourth-order valence-electron chi connectivity index (χ4n) is 2.25. The third-order valence-corrected chi connectivity index (χ3v) is 3.29. The number of β-amino-alcohol motifs (C(OH)–C–C–N with tert-alkyl or cyclic N) is 1. The summed E-state index contributed by atoms with van der Waals surface area (Å²) < 4.78 is 5.21. The van der Waals surface area contributed by atoms with Gasteiger partial charge in [-0.15, -0.1) is 0 Å². The number of aliphatic hydroxyl groups is 1. The number of amides is 1. The molecular weight excluding hydrogens is 244 g/mol. The fraction of sp³-hybridized carbons (Fsp3) is 0.500. The molecule has 1 fully saturated rings. The van der Waals surface area contributed by atoms with E-state index in [1.54, 1.807) is 12.0 Å². The van der Waals surface area contributed by atoms with Crippen LogP contribution in [0.4, 0.5) is 5.69 Å². The normalized spacial score (nSPS) is 19.1. The number of likely N-dealkylation sites (tertiary alicyclic amines) is 1. The minimum atomic E-state index is -0.385. The van der Waals surface area contributed by atoms with Crippen molar-refractivity contribution in [3.8, 4) is 5.75 Å². The van der Waals surface area contributed by atoms with Gasteiger partial charge in [0.15, 0.2) is 0 Å². The summed E-state index contributed by atoms with van der Waals surface area (Å²) in [4.78, 5) is 13.7. The number of piperidine rings is 1. The zero-order chi connectivity index (χ0) is 13.7. The number of methoxy groups -OCH3 is 1. The quantitative estimate of drug-likeness (QED) is 0.854. The number of anilines is 1. The summed E-state index contributed by atoms with van der Waals surface area (Å²) in [5.41, 5.74) is 0.802. The molecule has 0 aromatic heterocycles. The van der Waals surface area contributed by atoms with Crippen molar-refractivity contribution < 1.29 is 14.6 Å². The second kappa shape index (κ2) is 6.43. The molecule has 5 nitrogen and oxygen atoms in total. The number of hydrogen-bond acceptors (Lipinski definition) is 4. The van der Waals surface area contributed by atoms with E-state index in [2.05, 4.69) is 5.32 Å². The average Bonchev–Trinajstić information content (AvgIpc) is 2.45. The molecule has 2 rings (SSSR count). The zero-order valence-corrected chi connectivity index (χ0v) is 11.1. The minimum Gasteiger partial charge on any atom is -0.495 e. The van der Waals surface area contributed by atoms with E-state index >= 15 is 0 Å². The predicted octanol–water partition coefficient (Wildman–Crippen LogP) is 1.09. The lowest BCUT2D eigenvalue weighted by molar-refractivity contribution is -0.132. The number of hydrogen-bond donors (Lipinski definition) is 2. The lowest BCUT2D eigenvalue weighted by Gasteiger charge is -2.30. The van der Waals surface area contributed by atoms with E-state index in [9.17, 15) is 9.90 Å². The Morgan fingerprint density at radius 2 is 2.32 bits per heavy atom. The van der Waals surface area contributed by atoms with Crippen LogP contribution in [0.25, 0.3) is 0 Å². The molecule has 0 bridgehead atoms. The maximum absolute atomic E-state index is 12.0. The SMILES string of the molecule is COc1ccccc1NCC(=O)N1CCCC(O)C1. The van der Waals surface area contributed by atoms with Crippen molar-refractivity contribution in [2.24, 2.45) is 0 Å². The third-order valence-electron chi connectivity index (χ3n) is 3.29. The predicted molar refractivity (Wildman–Crippen MR) is 73.3 cm³/mol. The van der Waals surface area contributed by atoms with E-state index in [-0.39, 0.29) is 18.6 Å². The molecule has 1 aromatic carbocycles. The van der Waals surface area contributed by atoms with Gasteiger partial charge in [-0.1, -0.05) is 12.1 Å². The highest BCUT2D eigenvalue weighted by Gasteiger charge is 2.21. The average molecular weight is 264 g/mol. The summed E-state index contributed by atoms with van der Waals surface area (Å²) in [6.07, 6.45) is 1.26. The Morgan fingerprint density at radius 1 is 1.53 bits per heavy atom. The number of para-hydroxylation sites is 2. The van der Waals surface area contributed by atoms with Gasteiger partial charge in [0.05, 0.1) is 25.4 Å². The molecule has 0 aliphatic carbocycles. The Morgan fingerprint density at radius 3 is 3.05 bits per heavy atom. The molecule has 1 heterocycles. The first-order valence-corrected chi connectivity index (χ1v) is 6.53. The van der Waals surface area contributed by atoms with E-state index < -0.39 is 0 Å². The second-order valence-electron chi connectivity index (χ2n) is 4.69. The van der Waals surface area contributed by atoms with Crippen LogP contribution in [0, 0.1) is 0 Å². The van der Waals surface area contributed by atoms with Gasteiger partial charge in [-0.3, -0.25) is 4.79 Å². The molecule has 1 saturated heterocycles. The Hall–Kier alpha value is -1.75. The van der Waals surface area contributed by atoms with Gasteiger partial charge in [0.25, 0.3) is 0 Å². The van der Waals surface area contributed by atoms with Gasteiger partial charge in [0.1, 0.15) is 5.75 Å². The summed E-state index contributed by atoms with van der Waals surface area (Å²) in [5, 5.41) is 12.6. The highest BCUT2D eigenvalue weighted by molar-refractivity contribution is 5.81. The van der Waals surface area contributed by atoms with Crippen molar-refractivity contribution in [2.75, 3.05) is 32.1 Å². The van der Waals surface area contributed by atoms with Crippen LogP contribution >= 0.6 is 0 Å². The number of rotatable bonds is 4. The largest absolute Gasteiger partial charge is 0.495 e. The van der Waals surface area contributed by atoms with E-state index in [1.807, 2.05) is 24.3 Å². The van der Waals surface area contributed by atoms with Crippen LogP contribution in [0.1, 0.15) is 12.8 Å². The van der Waals surface area contributed by atoms with Crippen molar-refractivity contribution in [3.05, 3.63) is 24.3 Å². The minimum absolute atomic E-state index is 0.00431. The number of ether oxygens (including phenoxy) is 1. The van der Waals surface area contributed by atoms with Crippen LogP contribution in [-0.2, 0) is 4.79 Å². The molecule has 104 valence electrons. The van der Waals surface area contributed by atoms with Gasteiger partial charge in [-0.25, -0.2) is 0 Å². The van der Waals surface area contributed by atoms with Crippen LogP contribution in [0.2, 0.25) is 0 Å².